The number of hydrogen-bond donors (Lipinski definition) is 0. The van der Waals surface area contributed by atoms with Gasteiger partial charge in [-0.05, 0) is 36.4 Å². The van der Waals surface area contributed by atoms with Crippen LogP contribution in [0.25, 0.3) is 28.7 Å². The molecule has 0 aliphatic heterocycles. The van der Waals surface area contributed by atoms with Crippen LogP contribution in [-0.4, -0.2) is 39.2 Å². The van der Waals surface area contributed by atoms with Crippen LogP contribution in [0, 0.1) is 0 Å². The van der Waals surface area contributed by atoms with Gasteiger partial charge >= 0.3 is 0 Å². The van der Waals surface area contributed by atoms with E-state index in [0.717, 1.165) is 16.9 Å². The maximum Gasteiger partial charge on any atom is 0.258 e. The van der Waals surface area contributed by atoms with E-state index in [2.05, 4.69) is 20.5 Å². The summed E-state index contributed by atoms with van der Waals surface area (Å²) in [5.41, 5.74) is 3.45. The summed E-state index contributed by atoms with van der Waals surface area (Å²) >= 11 is 0. The van der Waals surface area contributed by atoms with Crippen LogP contribution in [0.4, 0.5) is 5.69 Å². The highest BCUT2D eigenvalue weighted by atomic mass is 16.5. The molecule has 0 saturated carbocycles. The van der Waals surface area contributed by atoms with Gasteiger partial charge in [0, 0.05) is 25.3 Å². The maximum absolute atomic E-state index is 5.37. The highest BCUT2D eigenvalue weighted by Crippen LogP contribution is 2.23. The van der Waals surface area contributed by atoms with Crippen LogP contribution in [0.5, 0.6) is 0 Å². The minimum atomic E-state index is 0.411. The van der Waals surface area contributed by atoms with E-state index in [1.807, 2.05) is 73.6 Å². The van der Waals surface area contributed by atoms with Crippen molar-refractivity contribution >= 4 is 5.69 Å². The van der Waals surface area contributed by atoms with Crippen molar-refractivity contribution in [3.8, 4) is 28.7 Å². The van der Waals surface area contributed by atoms with Crippen LogP contribution < -0.4 is 4.90 Å². The van der Waals surface area contributed by atoms with Crippen LogP contribution in [0.2, 0.25) is 0 Å². The summed E-state index contributed by atoms with van der Waals surface area (Å²) in [6.07, 6.45) is 1.78. The van der Waals surface area contributed by atoms with Crippen molar-refractivity contribution in [3.63, 3.8) is 0 Å². The molecule has 4 aromatic rings. The minimum Gasteiger partial charge on any atom is -0.378 e. The van der Waals surface area contributed by atoms with Crippen LogP contribution >= 0.6 is 0 Å². The van der Waals surface area contributed by atoms with Crippen LogP contribution in [0.15, 0.2) is 65.3 Å². The number of benzene rings is 2. The Morgan fingerprint density at radius 1 is 0.960 bits per heavy atom. The van der Waals surface area contributed by atoms with Gasteiger partial charge in [-0.25, -0.2) is 4.68 Å². The molecule has 0 atom stereocenters. The van der Waals surface area contributed by atoms with Gasteiger partial charge in [0.05, 0.1) is 11.9 Å². The molecule has 7 heteroatoms. The molecule has 25 heavy (non-hydrogen) atoms. The Hall–Kier alpha value is -3.48. The average Bonchev–Trinajstić information content (AvgIpc) is 3.32. The summed E-state index contributed by atoms with van der Waals surface area (Å²) in [5, 5.41) is 12.3. The smallest absolute Gasteiger partial charge is 0.258 e. The molecule has 0 bridgehead atoms. The molecule has 0 N–H and O–H groups in total. The first-order chi connectivity index (χ1) is 12.2. The predicted octanol–water partition coefficient (Wildman–Crippen LogP) is 3.05. The van der Waals surface area contributed by atoms with Crippen molar-refractivity contribution in [2.75, 3.05) is 19.0 Å². The van der Waals surface area contributed by atoms with Crippen molar-refractivity contribution in [2.45, 2.75) is 0 Å². The first-order valence-corrected chi connectivity index (χ1v) is 7.80. The molecule has 0 amide bonds. The molecule has 2 aromatic heterocycles. The lowest BCUT2D eigenvalue weighted by Gasteiger charge is -2.11. The normalized spacial score (nSPS) is 10.8. The maximum atomic E-state index is 5.37. The summed E-state index contributed by atoms with van der Waals surface area (Å²) in [6.45, 7) is 0. The van der Waals surface area contributed by atoms with E-state index in [9.17, 15) is 0 Å². The van der Waals surface area contributed by atoms with E-state index >= 15 is 0 Å². The lowest BCUT2D eigenvalue weighted by molar-refractivity contribution is 0.432. The number of para-hydroxylation sites is 1. The van der Waals surface area contributed by atoms with Crippen LogP contribution in [0.1, 0.15) is 0 Å². The van der Waals surface area contributed by atoms with Gasteiger partial charge in [-0.1, -0.05) is 28.6 Å². The van der Waals surface area contributed by atoms with Gasteiger partial charge in [-0.15, -0.1) is 5.10 Å². The van der Waals surface area contributed by atoms with Gasteiger partial charge in [0.1, 0.15) is 0 Å². The molecule has 7 nitrogen and oxygen atoms in total. The van der Waals surface area contributed by atoms with Gasteiger partial charge in [-0.3, -0.25) is 0 Å². The van der Waals surface area contributed by atoms with Crippen LogP contribution in [-0.2, 0) is 0 Å². The third kappa shape index (κ3) is 2.99. The van der Waals surface area contributed by atoms with Crippen molar-refractivity contribution in [3.05, 3.63) is 60.8 Å². The first-order valence-electron chi connectivity index (χ1n) is 7.80. The molecule has 2 aromatic carbocycles. The first kappa shape index (κ1) is 15.1. The Bertz CT molecular complexity index is 972. The number of hydrogen-bond acceptors (Lipinski definition) is 6. The van der Waals surface area contributed by atoms with Gasteiger partial charge in [0.15, 0.2) is 5.69 Å². The fraction of sp³-hybridized carbons (Fsp3) is 0.111. The fourth-order valence-corrected chi connectivity index (χ4v) is 2.42. The number of nitrogens with zero attached hydrogens (tertiary/aromatic N) is 6. The molecule has 4 rings (SSSR count). The van der Waals surface area contributed by atoms with Gasteiger partial charge in [0.2, 0.25) is 5.82 Å². The van der Waals surface area contributed by atoms with Crippen molar-refractivity contribution in [2.24, 2.45) is 0 Å². The summed E-state index contributed by atoms with van der Waals surface area (Å²) in [6, 6.07) is 17.7. The summed E-state index contributed by atoms with van der Waals surface area (Å²) < 4.78 is 7.05. The molecule has 124 valence electrons. The third-order valence-electron chi connectivity index (χ3n) is 3.80. The topological polar surface area (TPSA) is 72.9 Å². The zero-order chi connectivity index (χ0) is 17.2. The summed E-state index contributed by atoms with van der Waals surface area (Å²) in [5.74, 6) is 0.864. The van der Waals surface area contributed by atoms with E-state index in [-0.39, 0.29) is 0 Å². The van der Waals surface area contributed by atoms with E-state index in [4.69, 9.17) is 4.52 Å². The van der Waals surface area contributed by atoms with Gasteiger partial charge in [0.25, 0.3) is 5.89 Å². The average molecular weight is 332 g/mol. The molecule has 0 radical (unpaired) electrons. The summed E-state index contributed by atoms with van der Waals surface area (Å²) in [7, 11) is 3.99. The summed E-state index contributed by atoms with van der Waals surface area (Å²) in [4.78, 5) is 6.46. The number of aromatic nitrogens is 5. The number of anilines is 1. The molecule has 0 spiro atoms. The highest BCUT2D eigenvalue weighted by molar-refractivity contribution is 5.60. The van der Waals surface area contributed by atoms with E-state index in [1.54, 1.807) is 10.9 Å². The largest absolute Gasteiger partial charge is 0.378 e. The quantitative estimate of drug-likeness (QED) is 0.572. The lowest BCUT2D eigenvalue weighted by Crippen LogP contribution is -2.07. The van der Waals surface area contributed by atoms with E-state index in [0.29, 0.717) is 17.4 Å². The zero-order valence-corrected chi connectivity index (χ0v) is 13.9. The fourth-order valence-electron chi connectivity index (χ4n) is 2.42. The van der Waals surface area contributed by atoms with Crippen molar-refractivity contribution in [1.82, 2.24) is 25.1 Å². The number of rotatable bonds is 4. The second-order valence-corrected chi connectivity index (χ2v) is 5.75. The lowest BCUT2D eigenvalue weighted by atomic mass is 10.2. The van der Waals surface area contributed by atoms with Crippen LogP contribution in [0.3, 0.4) is 0 Å². The Morgan fingerprint density at radius 2 is 1.72 bits per heavy atom. The Balaban J connectivity index is 1.60. The highest BCUT2D eigenvalue weighted by Gasteiger charge is 2.14. The Labute approximate surface area is 144 Å². The molecule has 0 unspecified atom stereocenters. The van der Waals surface area contributed by atoms with Gasteiger partial charge < -0.3 is 9.42 Å². The second kappa shape index (κ2) is 6.20. The van der Waals surface area contributed by atoms with Gasteiger partial charge in [-0.2, -0.15) is 4.98 Å². The van der Waals surface area contributed by atoms with E-state index < -0.39 is 0 Å². The molecule has 2 heterocycles. The molecule has 0 aliphatic carbocycles. The molecular weight excluding hydrogens is 316 g/mol. The SMILES string of the molecule is CN(C)c1ccc(-c2nc(-c3cn(-c4ccccc4)nn3)no2)cc1. The molecule has 0 aliphatic rings. The molecular formula is C18H16N6O. The second-order valence-electron chi connectivity index (χ2n) is 5.75. The monoisotopic (exact) mass is 332 g/mol. The van der Waals surface area contributed by atoms with Crippen molar-refractivity contribution in [1.29, 1.82) is 0 Å². The minimum absolute atomic E-state index is 0.411. The Morgan fingerprint density at radius 3 is 2.44 bits per heavy atom. The van der Waals surface area contributed by atoms with E-state index in [1.165, 1.54) is 0 Å². The van der Waals surface area contributed by atoms with Crippen molar-refractivity contribution < 1.29 is 4.52 Å². The standard InChI is InChI=1S/C18H16N6O/c1-23(2)14-10-8-13(9-11-14)18-19-17(21-25-18)16-12-24(22-20-16)15-6-4-3-5-7-15/h3-12H,1-2H3. The predicted molar refractivity (Wildman–Crippen MR) is 94.4 cm³/mol. The third-order valence-corrected chi connectivity index (χ3v) is 3.80. The molecule has 0 saturated heterocycles. The Kier molecular flexibility index (Phi) is 3.74. The molecule has 0 fully saturated rings. The zero-order valence-electron chi connectivity index (χ0n) is 13.9.